The van der Waals surface area contributed by atoms with Gasteiger partial charge in [-0.2, -0.15) is 4.98 Å². The molecule has 1 saturated heterocycles. The smallest absolute Gasteiger partial charge is 0.226 e. The molecule has 29 heavy (non-hydrogen) atoms. The quantitative estimate of drug-likeness (QED) is 0.435. The van der Waals surface area contributed by atoms with Gasteiger partial charge in [-0.3, -0.25) is 4.99 Å². The van der Waals surface area contributed by atoms with Crippen molar-refractivity contribution in [2.75, 3.05) is 51.8 Å². The Morgan fingerprint density at radius 3 is 2.72 bits per heavy atom. The van der Waals surface area contributed by atoms with Crippen LogP contribution in [0.5, 0.6) is 5.75 Å². The van der Waals surface area contributed by atoms with Crippen LogP contribution in [0.1, 0.15) is 37.9 Å². The maximum atomic E-state index is 5.34. The van der Waals surface area contributed by atoms with Crippen molar-refractivity contribution >= 4 is 11.6 Å². The molecule has 8 heteroatoms. The monoisotopic (exact) mass is 400 g/mol. The molecule has 1 aliphatic heterocycles. The van der Waals surface area contributed by atoms with E-state index in [1.54, 1.807) is 7.11 Å². The number of rotatable bonds is 7. The number of benzene rings is 1. The predicted molar refractivity (Wildman–Crippen MR) is 115 cm³/mol. The zero-order chi connectivity index (χ0) is 20.6. The first-order valence-corrected chi connectivity index (χ1v) is 10.3. The average Bonchev–Trinajstić information content (AvgIpc) is 3.23. The number of ether oxygens (including phenoxy) is 1. The number of hydrogen-bond donors (Lipinski definition) is 1. The number of nitrogens with one attached hydrogen (secondary N) is 1. The minimum Gasteiger partial charge on any atom is -0.497 e. The van der Waals surface area contributed by atoms with Gasteiger partial charge in [-0.25, -0.2) is 0 Å². The standard InChI is InChI=1S/C21H32N6O2/c1-16(2)20-24-19(29-25-20)9-6-10-23-21(22-3)27-13-11-26(12-14-27)17-7-5-8-18(15-17)28-4/h5,7-8,15-16H,6,9-14H2,1-4H3,(H,22,23). The topological polar surface area (TPSA) is 79.0 Å². The summed E-state index contributed by atoms with van der Waals surface area (Å²) < 4.78 is 10.6. The number of methoxy groups -OCH3 is 1. The number of piperazine rings is 1. The van der Waals surface area contributed by atoms with Crippen LogP contribution in [-0.2, 0) is 6.42 Å². The normalized spacial score (nSPS) is 15.1. The molecule has 0 spiro atoms. The fourth-order valence-electron chi connectivity index (χ4n) is 3.36. The van der Waals surface area contributed by atoms with Crippen LogP contribution < -0.4 is 15.0 Å². The Balaban J connectivity index is 1.42. The van der Waals surface area contributed by atoms with Crippen molar-refractivity contribution in [3.05, 3.63) is 36.0 Å². The van der Waals surface area contributed by atoms with Crippen LogP contribution in [0.25, 0.3) is 0 Å². The summed E-state index contributed by atoms with van der Waals surface area (Å²) in [6.07, 6.45) is 1.69. The highest BCUT2D eigenvalue weighted by molar-refractivity contribution is 5.80. The van der Waals surface area contributed by atoms with Gasteiger partial charge in [0, 0.05) is 63.9 Å². The Hall–Kier alpha value is -2.77. The third kappa shape index (κ3) is 5.62. The molecule has 0 atom stereocenters. The lowest BCUT2D eigenvalue weighted by molar-refractivity contribution is 0.363. The first-order chi connectivity index (χ1) is 14.1. The first kappa shape index (κ1) is 21.0. The minimum absolute atomic E-state index is 0.292. The predicted octanol–water partition coefficient (Wildman–Crippen LogP) is 2.53. The molecule has 0 radical (unpaired) electrons. The van der Waals surface area contributed by atoms with Crippen molar-refractivity contribution in [2.24, 2.45) is 4.99 Å². The maximum Gasteiger partial charge on any atom is 0.226 e. The van der Waals surface area contributed by atoms with Crippen LogP contribution in [0, 0.1) is 0 Å². The number of hydrogen-bond acceptors (Lipinski definition) is 6. The summed E-state index contributed by atoms with van der Waals surface area (Å²) in [7, 11) is 3.54. The van der Waals surface area contributed by atoms with Crippen molar-refractivity contribution in [1.29, 1.82) is 0 Å². The van der Waals surface area contributed by atoms with Gasteiger partial charge >= 0.3 is 0 Å². The summed E-state index contributed by atoms with van der Waals surface area (Å²) >= 11 is 0. The Bertz CT molecular complexity index is 796. The molecule has 0 saturated carbocycles. The molecule has 0 unspecified atom stereocenters. The van der Waals surface area contributed by atoms with E-state index >= 15 is 0 Å². The summed E-state index contributed by atoms with van der Waals surface area (Å²) in [5, 5.41) is 7.47. The van der Waals surface area contributed by atoms with Crippen molar-refractivity contribution in [3.63, 3.8) is 0 Å². The van der Waals surface area contributed by atoms with E-state index in [0.29, 0.717) is 11.8 Å². The Morgan fingerprint density at radius 1 is 1.28 bits per heavy atom. The van der Waals surface area contributed by atoms with Crippen molar-refractivity contribution in [1.82, 2.24) is 20.4 Å². The van der Waals surface area contributed by atoms with E-state index in [1.807, 2.05) is 19.2 Å². The third-order valence-corrected chi connectivity index (χ3v) is 5.06. The van der Waals surface area contributed by atoms with Crippen LogP contribution in [-0.4, -0.2) is 67.9 Å². The summed E-state index contributed by atoms with van der Waals surface area (Å²) in [6.45, 7) is 8.71. The summed E-state index contributed by atoms with van der Waals surface area (Å²) in [5.41, 5.74) is 1.20. The largest absolute Gasteiger partial charge is 0.497 e. The van der Waals surface area contributed by atoms with Crippen LogP contribution >= 0.6 is 0 Å². The number of nitrogens with zero attached hydrogens (tertiary/aromatic N) is 5. The molecule has 2 heterocycles. The molecular formula is C21H32N6O2. The van der Waals surface area contributed by atoms with Crippen molar-refractivity contribution in [3.8, 4) is 5.75 Å². The van der Waals surface area contributed by atoms with Gasteiger partial charge in [0.1, 0.15) is 5.75 Å². The van der Waals surface area contributed by atoms with Crippen molar-refractivity contribution < 1.29 is 9.26 Å². The molecule has 0 aliphatic carbocycles. The molecule has 0 bridgehead atoms. The summed E-state index contributed by atoms with van der Waals surface area (Å²) in [6, 6.07) is 8.23. The second kappa shape index (κ2) is 10.1. The molecule has 1 aromatic carbocycles. The van der Waals surface area contributed by atoms with Gasteiger partial charge in [0.15, 0.2) is 11.8 Å². The number of anilines is 1. The van der Waals surface area contributed by atoms with E-state index in [9.17, 15) is 0 Å². The fourth-order valence-corrected chi connectivity index (χ4v) is 3.36. The minimum atomic E-state index is 0.292. The van der Waals surface area contributed by atoms with Crippen LogP contribution in [0.15, 0.2) is 33.8 Å². The van der Waals surface area contributed by atoms with Gasteiger partial charge in [-0.05, 0) is 18.6 Å². The molecule has 2 aromatic rings. The Morgan fingerprint density at radius 2 is 2.07 bits per heavy atom. The van der Waals surface area contributed by atoms with E-state index in [1.165, 1.54) is 5.69 Å². The lowest BCUT2D eigenvalue weighted by atomic mass is 10.2. The van der Waals surface area contributed by atoms with Crippen LogP contribution in [0.2, 0.25) is 0 Å². The number of aryl methyl sites for hydroxylation is 1. The summed E-state index contributed by atoms with van der Waals surface area (Å²) in [4.78, 5) is 13.6. The van der Waals surface area contributed by atoms with E-state index < -0.39 is 0 Å². The van der Waals surface area contributed by atoms with Gasteiger partial charge in [0.2, 0.25) is 5.89 Å². The zero-order valence-electron chi connectivity index (χ0n) is 17.9. The molecule has 158 valence electrons. The third-order valence-electron chi connectivity index (χ3n) is 5.06. The van der Waals surface area contributed by atoms with Gasteiger partial charge in [0.25, 0.3) is 0 Å². The highest BCUT2D eigenvalue weighted by Crippen LogP contribution is 2.22. The van der Waals surface area contributed by atoms with Crippen molar-refractivity contribution in [2.45, 2.75) is 32.6 Å². The lowest BCUT2D eigenvalue weighted by Crippen LogP contribution is -2.52. The maximum absolute atomic E-state index is 5.34. The molecule has 1 N–H and O–H groups in total. The second-order valence-electron chi connectivity index (χ2n) is 7.45. The molecule has 8 nitrogen and oxygen atoms in total. The molecular weight excluding hydrogens is 368 g/mol. The molecule has 1 fully saturated rings. The van der Waals surface area contributed by atoms with Gasteiger partial charge < -0.3 is 24.4 Å². The fraction of sp³-hybridized carbons (Fsp3) is 0.571. The summed E-state index contributed by atoms with van der Waals surface area (Å²) in [5.74, 6) is 3.61. The lowest BCUT2D eigenvalue weighted by Gasteiger charge is -2.37. The SMILES string of the molecule is CN=C(NCCCc1nc(C(C)C)no1)N1CCN(c2cccc(OC)c2)CC1. The van der Waals surface area contributed by atoms with Crippen LogP contribution in [0.3, 0.4) is 0 Å². The van der Waals surface area contributed by atoms with E-state index in [4.69, 9.17) is 9.26 Å². The average molecular weight is 401 g/mol. The number of aliphatic imine (C=N–C) groups is 1. The first-order valence-electron chi connectivity index (χ1n) is 10.3. The van der Waals surface area contributed by atoms with Gasteiger partial charge in [-0.15, -0.1) is 0 Å². The molecule has 0 amide bonds. The Kier molecular flexibility index (Phi) is 7.32. The molecule has 1 aromatic heterocycles. The van der Waals surface area contributed by atoms with Gasteiger partial charge in [-0.1, -0.05) is 25.1 Å². The van der Waals surface area contributed by atoms with E-state index in [0.717, 1.165) is 63.1 Å². The number of aromatic nitrogens is 2. The highest BCUT2D eigenvalue weighted by Gasteiger charge is 2.20. The van der Waals surface area contributed by atoms with Crippen LogP contribution in [0.4, 0.5) is 5.69 Å². The molecule has 3 rings (SSSR count). The van der Waals surface area contributed by atoms with E-state index in [-0.39, 0.29) is 0 Å². The highest BCUT2D eigenvalue weighted by atomic mass is 16.5. The van der Waals surface area contributed by atoms with E-state index in [2.05, 4.69) is 56.2 Å². The molecule has 1 aliphatic rings. The zero-order valence-corrected chi connectivity index (χ0v) is 17.9. The van der Waals surface area contributed by atoms with Gasteiger partial charge in [0.05, 0.1) is 7.11 Å². The second-order valence-corrected chi connectivity index (χ2v) is 7.45. The number of guanidine groups is 1. The Labute approximate surface area is 172 Å².